The van der Waals surface area contributed by atoms with Crippen LogP contribution in [0.5, 0.6) is 0 Å². The van der Waals surface area contributed by atoms with Gasteiger partial charge in [0.1, 0.15) is 45.1 Å². The van der Waals surface area contributed by atoms with Crippen molar-refractivity contribution in [3.8, 4) is 11.1 Å². The number of nitrogens with two attached hydrogens (primary N) is 4. The number of ether oxygens (including phenoxy) is 3. The van der Waals surface area contributed by atoms with Crippen molar-refractivity contribution in [2.24, 2.45) is 11.3 Å². The number of anilines is 7. The van der Waals surface area contributed by atoms with Crippen LogP contribution in [0.25, 0.3) is 55.3 Å². The molecule has 10 heterocycles. The van der Waals surface area contributed by atoms with E-state index < -0.39 is 11.2 Å². The van der Waals surface area contributed by atoms with Gasteiger partial charge in [0, 0.05) is 106 Å². The highest BCUT2D eigenvalue weighted by Gasteiger charge is 2.33. The van der Waals surface area contributed by atoms with E-state index >= 15 is 4.39 Å². The van der Waals surface area contributed by atoms with Gasteiger partial charge in [-0.25, -0.2) is 4.39 Å². The largest absolute Gasteiger partial charge is 0.423 e. The molecular formula is C69H91ClFI2N19O5. The maximum atomic E-state index is 15.5. The first kappa shape index (κ1) is 70.5. The quantitative estimate of drug-likeness (QED) is 0.0521. The summed E-state index contributed by atoms with van der Waals surface area (Å²) >= 11 is 10.5. The van der Waals surface area contributed by atoms with Crippen molar-refractivity contribution >= 4 is 148 Å². The van der Waals surface area contributed by atoms with Crippen LogP contribution in [0.15, 0.2) is 53.3 Å². The Balaban J connectivity index is 0.000000137. The number of morpholine rings is 2. The molecule has 0 atom stereocenters. The van der Waals surface area contributed by atoms with E-state index in [1.54, 1.807) is 12.3 Å². The van der Waals surface area contributed by atoms with Crippen molar-refractivity contribution < 1.29 is 27.8 Å². The number of nitrogen functional groups attached to an aromatic ring is 4. The topological polar surface area (TPSA) is 312 Å². The van der Waals surface area contributed by atoms with Crippen molar-refractivity contribution in [3.05, 3.63) is 78.2 Å². The van der Waals surface area contributed by atoms with Crippen LogP contribution < -0.4 is 33.6 Å². The van der Waals surface area contributed by atoms with Crippen molar-refractivity contribution in [2.45, 2.75) is 155 Å². The molecule has 15 rings (SSSR count). The van der Waals surface area contributed by atoms with Crippen molar-refractivity contribution in [3.63, 3.8) is 0 Å². The normalized spacial score (nSPS) is 22.3. The summed E-state index contributed by atoms with van der Waals surface area (Å²) in [5.41, 5.74) is 31.1. The standard InChI is InChI=1S/C31H35FN8O2.C16H23IN6O.C11H12ClIN4O.C11H21NO/c1-17-12-18(2)27-25(13-17)36-31(42-27)35-24-9-4-19(14-23(24)32)22-15-40(29-26(22)28(33)37-30(34)38-29)21-7-5-20(6-8-21)39-10-3-11-41-16-39;17-12-9-23(15-13(12)14(18)20-16(19)21-15)11-3-1-10(2-4-11)22-5-7-24-8-6-22;1-11(2,3)9(18)17-10-15-7(12)6-5(13)4-14-8(6)16-10;1-10-2-4-11(5-3-10)12-6-8-13-9-7-12/h4,9,12-15,20-21H,3,5-8,10-11,16H2,1-2H3,(H,35,36)(H4,33,34,37,38);9-11H,1-8H2,(H4,18,19,20,21);4H,1-3H3,(H2,14,15,16,17,18);10-11H,2-9H2,1H3. The Morgan fingerprint density at radius 3 is 1.80 bits per heavy atom. The van der Waals surface area contributed by atoms with Crippen LogP contribution in [-0.4, -0.2) is 160 Å². The number of aromatic amines is 1. The number of hydrogen-bond acceptors (Lipinski definition) is 20. The fraction of sp³-hybridized carbons (Fsp3) is 0.536. The molecule has 1 amide bonds. The van der Waals surface area contributed by atoms with E-state index in [0.29, 0.717) is 63.7 Å². The van der Waals surface area contributed by atoms with Crippen molar-refractivity contribution in [2.75, 3.05) is 106 Å². The summed E-state index contributed by atoms with van der Waals surface area (Å²) in [6.07, 6.45) is 21.6. The van der Waals surface area contributed by atoms with Gasteiger partial charge in [-0.3, -0.25) is 24.8 Å². The number of carbonyl (C=O) groups is 1. The minimum atomic E-state index is -0.505. The Morgan fingerprint density at radius 1 is 0.649 bits per heavy atom. The molecule has 97 heavy (non-hydrogen) atoms. The maximum absolute atomic E-state index is 15.5. The lowest BCUT2D eigenvalue weighted by Gasteiger charge is -2.39. The fourth-order valence-electron chi connectivity index (χ4n) is 14.5. The van der Waals surface area contributed by atoms with Gasteiger partial charge >= 0.3 is 0 Å². The third-order valence-corrected chi connectivity index (χ3v) is 21.8. The van der Waals surface area contributed by atoms with Gasteiger partial charge in [-0.05, 0) is 183 Å². The Morgan fingerprint density at radius 2 is 1.22 bits per heavy atom. The van der Waals surface area contributed by atoms with Crippen LogP contribution in [0.2, 0.25) is 5.15 Å². The smallest absolute Gasteiger partial charge is 0.300 e. The van der Waals surface area contributed by atoms with Gasteiger partial charge in [-0.1, -0.05) is 51.4 Å². The van der Waals surface area contributed by atoms with Gasteiger partial charge in [0.2, 0.25) is 23.8 Å². The predicted octanol–water partition coefficient (Wildman–Crippen LogP) is 13.2. The number of aryl methyl sites for hydroxylation is 2. The number of oxazole rings is 1. The molecule has 6 fully saturated rings. The summed E-state index contributed by atoms with van der Waals surface area (Å²) in [4.78, 5) is 52.7. The third-order valence-electron chi connectivity index (χ3n) is 19.8. The van der Waals surface area contributed by atoms with E-state index in [-0.39, 0.29) is 47.3 Å². The number of benzene rings is 2. The predicted molar refractivity (Wildman–Crippen MR) is 398 cm³/mol. The lowest BCUT2D eigenvalue weighted by Crippen LogP contribution is -2.45. The average Bonchev–Trinajstić information content (AvgIpc) is 1.63. The van der Waals surface area contributed by atoms with E-state index in [1.165, 1.54) is 57.7 Å². The Kier molecular flexibility index (Phi) is 22.6. The molecule has 3 aliphatic heterocycles. The zero-order chi connectivity index (χ0) is 68.2. The van der Waals surface area contributed by atoms with Crippen LogP contribution in [0.3, 0.4) is 0 Å². The van der Waals surface area contributed by atoms with Gasteiger partial charge < -0.3 is 61.0 Å². The van der Waals surface area contributed by atoms with E-state index in [9.17, 15) is 4.79 Å². The summed E-state index contributed by atoms with van der Waals surface area (Å²) < 4.78 is 44.4. The summed E-state index contributed by atoms with van der Waals surface area (Å²) in [5.74, 6) is 1.72. The number of carbonyl (C=O) groups excluding carboxylic acids is 1. The molecule has 0 spiro atoms. The summed E-state index contributed by atoms with van der Waals surface area (Å²) in [6, 6.07) is 12.0. The number of amides is 1. The lowest BCUT2D eigenvalue weighted by atomic mass is 9.86. The SMILES string of the molecule is CC(C)(C)C(=O)Nc1nc(Cl)c2c(I)c[nH]c2n1.CC1CCC(N2CCOCC2)CC1.Cc1cc(C)c2oc(Nc3ccc(-c4cn(C5CCC(N6CCCOC6)CC5)c5nc(N)nc(N)c45)cc3F)nc2c1.Nc1nc(N)c2c(I)cn(C3CCC(N4CCOCC4)CC3)c2n1. The molecule has 520 valence electrons. The summed E-state index contributed by atoms with van der Waals surface area (Å²) in [5, 5.41) is 8.36. The number of hydrogen-bond donors (Lipinski definition) is 7. The number of nitrogens with zero attached hydrogens (tertiary/aromatic N) is 12. The summed E-state index contributed by atoms with van der Waals surface area (Å²) in [7, 11) is 0. The number of H-pyrrole nitrogens is 1. The molecule has 0 unspecified atom stereocenters. The van der Waals surface area contributed by atoms with Gasteiger partial charge in [0.05, 0.1) is 55.0 Å². The van der Waals surface area contributed by atoms with E-state index in [0.717, 1.165) is 155 Å². The summed E-state index contributed by atoms with van der Waals surface area (Å²) in [6.45, 7) is 22.6. The first-order valence-electron chi connectivity index (χ1n) is 34.1. The molecule has 28 heteroatoms. The Labute approximate surface area is 597 Å². The molecule has 2 aromatic carbocycles. The number of rotatable bonds is 9. The van der Waals surface area contributed by atoms with Crippen LogP contribution in [0.4, 0.5) is 45.6 Å². The van der Waals surface area contributed by atoms with Crippen LogP contribution in [-0.2, 0) is 19.0 Å². The van der Waals surface area contributed by atoms with Crippen LogP contribution in [0, 0.1) is 38.1 Å². The first-order chi connectivity index (χ1) is 46.6. The highest BCUT2D eigenvalue weighted by molar-refractivity contribution is 14.1. The number of fused-ring (bicyclic) bond motifs is 4. The van der Waals surface area contributed by atoms with E-state index in [1.807, 2.05) is 59.0 Å². The molecule has 11 N–H and O–H groups in total. The molecule has 7 aromatic heterocycles. The number of nitrogens with one attached hydrogen (secondary N) is 3. The van der Waals surface area contributed by atoms with Gasteiger partial charge in [0.25, 0.3) is 6.01 Å². The minimum absolute atomic E-state index is 0.125. The molecule has 9 aromatic rings. The highest BCUT2D eigenvalue weighted by atomic mass is 127. The molecule has 6 aliphatic rings. The van der Waals surface area contributed by atoms with Gasteiger partial charge in [0.15, 0.2) is 5.58 Å². The van der Waals surface area contributed by atoms with Crippen LogP contribution >= 0.6 is 56.8 Å². The molecular weight excluding hydrogens is 1480 g/mol. The van der Waals surface area contributed by atoms with Crippen molar-refractivity contribution in [1.29, 1.82) is 0 Å². The monoisotopic (exact) mass is 1570 g/mol. The molecule has 0 bridgehead atoms. The molecule has 3 aliphatic carbocycles. The minimum Gasteiger partial charge on any atom is -0.423 e. The molecule has 3 saturated heterocycles. The average molecular weight is 1570 g/mol. The molecule has 24 nitrogen and oxygen atoms in total. The zero-order valence-electron chi connectivity index (χ0n) is 56.3. The van der Waals surface area contributed by atoms with Gasteiger partial charge in [-0.2, -0.15) is 34.9 Å². The Hall–Kier alpha value is -6.32. The zero-order valence-corrected chi connectivity index (χ0v) is 61.4. The number of aromatic nitrogens is 10. The second-order valence-electron chi connectivity index (χ2n) is 27.7. The highest BCUT2D eigenvalue weighted by Crippen LogP contribution is 2.42. The fourth-order valence-corrected chi connectivity index (χ4v) is 16.5. The third kappa shape index (κ3) is 16.6. The lowest BCUT2D eigenvalue weighted by molar-refractivity contribution is -0.123. The first-order valence-corrected chi connectivity index (χ1v) is 36.6. The second kappa shape index (κ2) is 31.1. The number of halogens is 4. The van der Waals surface area contributed by atoms with Gasteiger partial charge in [-0.15, -0.1) is 0 Å². The van der Waals surface area contributed by atoms with Crippen molar-refractivity contribution in [1.82, 2.24) is 63.7 Å². The van der Waals surface area contributed by atoms with E-state index in [2.05, 4.69) is 133 Å². The maximum Gasteiger partial charge on any atom is 0.300 e. The molecule has 0 radical (unpaired) electrons. The second-order valence-corrected chi connectivity index (χ2v) is 30.4. The van der Waals surface area contributed by atoms with E-state index in [4.69, 9.17) is 53.2 Å². The Bertz CT molecular complexity index is 4210. The molecule has 3 saturated carbocycles. The van der Waals surface area contributed by atoms with Crippen LogP contribution in [0.1, 0.15) is 134 Å².